The number of carbonyl (C=O) groups excluding carboxylic acids is 1. The van der Waals surface area contributed by atoms with Crippen molar-refractivity contribution in [2.24, 2.45) is 11.8 Å². The van der Waals surface area contributed by atoms with Crippen LogP contribution in [0, 0.1) is 11.8 Å². The zero-order chi connectivity index (χ0) is 10.8. The Morgan fingerprint density at radius 3 is 2.60 bits per heavy atom. The first kappa shape index (κ1) is 9.91. The third-order valence-electron chi connectivity index (χ3n) is 3.06. The molecule has 0 N–H and O–H groups in total. The highest BCUT2D eigenvalue weighted by molar-refractivity contribution is 6.01. The van der Waals surface area contributed by atoms with E-state index in [-0.39, 0.29) is 17.6 Å². The van der Waals surface area contributed by atoms with E-state index >= 15 is 0 Å². The Bertz CT molecular complexity index is 417. The van der Waals surface area contributed by atoms with Crippen molar-refractivity contribution in [3.63, 3.8) is 0 Å². The van der Waals surface area contributed by atoms with Gasteiger partial charge in [0, 0.05) is 11.5 Å². The molecule has 1 nitrogen and oxygen atoms in total. The molecule has 0 saturated heterocycles. The first-order chi connectivity index (χ1) is 7.27. The van der Waals surface area contributed by atoms with Crippen molar-refractivity contribution < 1.29 is 4.79 Å². The van der Waals surface area contributed by atoms with Gasteiger partial charge in [0.05, 0.1) is 0 Å². The second-order valence-corrected chi connectivity index (χ2v) is 3.89. The summed E-state index contributed by atoms with van der Waals surface area (Å²) in [5.74, 6) is 0.277. The molecule has 0 saturated carbocycles. The molecule has 0 bridgehead atoms. The summed E-state index contributed by atoms with van der Waals surface area (Å²) in [5.41, 5.74) is 1.98. The highest BCUT2D eigenvalue weighted by Crippen LogP contribution is 2.31. The lowest BCUT2D eigenvalue weighted by atomic mass is 9.75. The summed E-state index contributed by atoms with van der Waals surface area (Å²) in [7, 11) is 0. The molecule has 15 heavy (non-hydrogen) atoms. The largest absolute Gasteiger partial charge is 0.293 e. The van der Waals surface area contributed by atoms with E-state index in [2.05, 4.69) is 13.2 Å². The standard InChI is InChI=1S/C14H14O/c1-3-10-9-11-7-5-6-8-13(11)14(15)12(10)4-2/h3-8,10,12H,1-2,9H2. The summed E-state index contributed by atoms with van der Waals surface area (Å²) in [6.07, 6.45) is 4.49. The molecule has 2 unspecified atom stereocenters. The lowest BCUT2D eigenvalue weighted by molar-refractivity contribution is 0.0909. The van der Waals surface area contributed by atoms with E-state index in [0.29, 0.717) is 0 Å². The third kappa shape index (κ3) is 1.54. The van der Waals surface area contributed by atoms with Gasteiger partial charge in [-0.2, -0.15) is 0 Å². The van der Waals surface area contributed by atoms with Crippen LogP contribution in [-0.2, 0) is 6.42 Å². The van der Waals surface area contributed by atoms with Crippen LogP contribution in [0.25, 0.3) is 0 Å². The van der Waals surface area contributed by atoms with Crippen molar-refractivity contribution in [1.29, 1.82) is 0 Å². The predicted octanol–water partition coefficient (Wildman–Crippen LogP) is 3.03. The summed E-state index contributed by atoms with van der Waals surface area (Å²) in [6, 6.07) is 7.79. The van der Waals surface area contributed by atoms with Crippen LogP contribution >= 0.6 is 0 Å². The monoisotopic (exact) mass is 198 g/mol. The molecular weight excluding hydrogens is 184 g/mol. The third-order valence-corrected chi connectivity index (χ3v) is 3.06. The molecule has 0 radical (unpaired) electrons. The zero-order valence-corrected chi connectivity index (χ0v) is 8.65. The van der Waals surface area contributed by atoms with Gasteiger partial charge < -0.3 is 0 Å². The number of rotatable bonds is 2. The number of allylic oxidation sites excluding steroid dienone is 2. The maximum Gasteiger partial charge on any atom is 0.170 e. The number of fused-ring (bicyclic) bond motifs is 1. The van der Waals surface area contributed by atoms with E-state index in [0.717, 1.165) is 17.5 Å². The molecular formula is C14H14O. The van der Waals surface area contributed by atoms with Crippen LogP contribution in [0.4, 0.5) is 0 Å². The van der Waals surface area contributed by atoms with Crippen LogP contribution < -0.4 is 0 Å². The van der Waals surface area contributed by atoms with E-state index in [1.807, 2.05) is 30.3 Å². The minimum atomic E-state index is -0.0996. The Hall–Kier alpha value is -1.63. The quantitative estimate of drug-likeness (QED) is 0.667. The van der Waals surface area contributed by atoms with Gasteiger partial charge in [-0.15, -0.1) is 13.2 Å². The van der Waals surface area contributed by atoms with Gasteiger partial charge in [0.15, 0.2) is 5.78 Å². The molecule has 0 amide bonds. The maximum atomic E-state index is 12.1. The molecule has 2 atom stereocenters. The number of Topliss-reactive ketones (excluding diaryl/α,β-unsaturated/α-hetero) is 1. The first-order valence-corrected chi connectivity index (χ1v) is 5.15. The zero-order valence-electron chi connectivity index (χ0n) is 8.65. The molecule has 1 aromatic carbocycles. The van der Waals surface area contributed by atoms with Gasteiger partial charge >= 0.3 is 0 Å². The van der Waals surface area contributed by atoms with Gasteiger partial charge in [0.25, 0.3) is 0 Å². The van der Waals surface area contributed by atoms with Crippen LogP contribution in [0.15, 0.2) is 49.6 Å². The summed E-state index contributed by atoms with van der Waals surface area (Å²) < 4.78 is 0. The van der Waals surface area contributed by atoms with Gasteiger partial charge in [-0.3, -0.25) is 4.79 Å². The van der Waals surface area contributed by atoms with Gasteiger partial charge in [-0.1, -0.05) is 36.4 Å². The number of hydrogen-bond acceptors (Lipinski definition) is 1. The summed E-state index contributed by atoms with van der Waals surface area (Å²) >= 11 is 0. The molecule has 1 heteroatoms. The maximum absolute atomic E-state index is 12.1. The van der Waals surface area contributed by atoms with Crippen LogP contribution in [0.1, 0.15) is 15.9 Å². The fourth-order valence-electron chi connectivity index (χ4n) is 2.21. The van der Waals surface area contributed by atoms with Gasteiger partial charge in [0.1, 0.15) is 0 Å². The Morgan fingerprint density at radius 2 is 1.93 bits per heavy atom. The number of benzene rings is 1. The Balaban J connectivity index is 2.49. The Labute approximate surface area is 90.1 Å². The van der Waals surface area contributed by atoms with Crippen molar-refractivity contribution in [1.82, 2.24) is 0 Å². The van der Waals surface area contributed by atoms with Gasteiger partial charge in [-0.25, -0.2) is 0 Å². The van der Waals surface area contributed by atoms with Gasteiger partial charge in [-0.05, 0) is 17.9 Å². The van der Waals surface area contributed by atoms with Crippen molar-refractivity contribution >= 4 is 5.78 Å². The minimum absolute atomic E-state index is 0.0996. The molecule has 0 spiro atoms. The average molecular weight is 198 g/mol. The second kappa shape index (κ2) is 3.85. The van der Waals surface area contributed by atoms with Crippen LogP contribution in [0.2, 0.25) is 0 Å². The van der Waals surface area contributed by atoms with Crippen molar-refractivity contribution in [2.75, 3.05) is 0 Å². The van der Waals surface area contributed by atoms with Crippen molar-refractivity contribution in [2.45, 2.75) is 6.42 Å². The van der Waals surface area contributed by atoms with Crippen molar-refractivity contribution in [3.05, 3.63) is 60.7 Å². The predicted molar refractivity (Wildman–Crippen MR) is 61.9 cm³/mol. The average Bonchev–Trinajstić information content (AvgIpc) is 2.29. The fraction of sp³-hybridized carbons (Fsp3) is 0.214. The lowest BCUT2D eigenvalue weighted by Gasteiger charge is -2.27. The summed E-state index contributed by atoms with van der Waals surface area (Å²) in [4.78, 5) is 12.1. The number of ketones is 1. The van der Waals surface area contributed by atoms with E-state index in [1.165, 1.54) is 0 Å². The fourth-order valence-corrected chi connectivity index (χ4v) is 2.21. The smallest absolute Gasteiger partial charge is 0.170 e. The van der Waals surface area contributed by atoms with E-state index in [1.54, 1.807) is 6.08 Å². The normalized spacial score (nSPS) is 24.4. The molecule has 1 aromatic rings. The molecule has 0 fully saturated rings. The lowest BCUT2D eigenvalue weighted by Crippen LogP contribution is -2.28. The molecule has 0 heterocycles. The van der Waals surface area contributed by atoms with Crippen LogP contribution in [0.3, 0.4) is 0 Å². The van der Waals surface area contributed by atoms with Gasteiger partial charge in [0.2, 0.25) is 0 Å². The highest BCUT2D eigenvalue weighted by Gasteiger charge is 2.31. The highest BCUT2D eigenvalue weighted by atomic mass is 16.1. The second-order valence-electron chi connectivity index (χ2n) is 3.89. The topological polar surface area (TPSA) is 17.1 Å². The molecule has 0 aliphatic heterocycles. The van der Waals surface area contributed by atoms with Crippen LogP contribution in [-0.4, -0.2) is 5.78 Å². The molecule has 76 valence electrons. The molecule has 1 aliphatic carbocycles. The molecule has 0 aromatic heterocycles. The molecule has 2 rings (SSSR count). The Morgan fingerprint density at radius 1 is 1.20 bits per heavy atom. The van der Waals surface area contributed by atoms with E-state index < -0.39 is 0 Å². The minimum Gasteiger partial charge on any atom is -0.293 e. The van der Waals surface area contributed by atoms with E-state index in [4.69, 9.17) is 0 Å². The number of carbonyl (C=O) groups is 1. The number of hydrogen-bond donors (Lipinski definition) is 0. The Kier molecular flexibility index (Phi) is 2.55. The van der Waals surface area contributed by atoms with Crippen molar-refractivity contribution in [3.8, 4) is 0 Å². The molecule has 1 aliphatic rings. The first-order valence-electron chi connectivity index (χ1n) is 5.15. The summed E-state index contributed by atoms with van der Waals surface area (Å²) in [6.45, 7) is 7.53. The van der Waals surface area contributed by atoms with Crippen LogP contribution in [0.5, 0.6) is 0 Å². The SMILES string of the molecule is C=CC1Cc2ccccc2C(=O)C1C=C. The summed E-state index contributed by atoms with van der Waals surface area (Å²) in [5, 5.41) is 0. The van der Waals surface area contributed by atoms with E-state index in [9.17, 15) is 4.79 Å².